The van der Waals surface area contributed by atoms with Crippen LogP contribution in [0.2, 0.25) is 0 Å². The van der Waals surface area contributed by atoms with E-state index in [1.807, 2.05) is 24.3 Å². The first-order chi connectivity index (χ1) is 26.3. The van der Waals surface area contributed by atoms with Gasteiger partial charge in [0.15, 0.2) is 0 Å². The van der Waals surface area contributed by atoms with E-state index in [1.165, 1.54) is 38.4 Å². The van der Waals surface area contributed by atoms with Crippen LogP contribution in [0, 0.1) is 0 Å². The van der Waals surface area contributed by atoms with Gasteiger partial charge in [0.05, 0.1) is 11.1 Å². The van der Waals surface area contributed by atoms with Gasteiger partial charge in [-0.3, -0.25) is 0 Å². The Kier molecular flexibility index (Phi) is 6.55. The number of anilines is 3. The molecule has 0 unspecified atom stereocenters. The molecule has 2 aromatic heterocycles. The van der Waals surface area contributed by atoms with Gasteiger partial charge in [-0.1, -0.05) is 127 Å². The molecule has 0 aliphatic carbocycles. The molecule has 0 spiro atoms. The van der Waals surface area contributed by atoms with Crippen LogP contribution in [0.3, 0.4) is 0 Å². The van der Waals surface area contributed by atoms with E-state index >= 15 is 0 Å². The summed E-state index contributed by atoms with van der Waals surface area (Å²) in [7, 11) is 0. The Morgan fingerprint density at radius 2 is 0.943 bits per heavy atom. The molecule has 0 atom stereocenters. The Balaban J connectivity index is 1.11. The van der Waals surface area contributed by atoms with Gasteiger partial charge in [-0.25, -0.2) is 0 Å². The summed E-state index contributed by atoms with van der Waals surface area (Å²) in [5, 5.41) is 9.21. The largest absolute Gasteiger partial charge is 0.456 e. The number of para-hydroxylation sites is 2. The van der Waals surface area contributed by atoms with Crippen LogP contribution in [0.25, 0.3) is 87.7 Å². The molecule has 11 rings (SSSR count). The van der Waals surface area contributed by atoms with Crippen LogP contribution < -0.4 is 4.90 Å². The summed E-state index contributed by atoms with van der Waals surface area (Å²) >= 11 is 0. The van der Waals surface area contributed by atoms with Crippen molar-refractivity contribution in [3.63, 3.8) is 0 Å². The molecule has 11 aromatic rings. The second kappa shape index (κ2) is 11.7. The Bertz CT molecular complexity index is 3160. The molecular weight excluding hydrogens is 647 g/mol. The van der Waals surface area contributed by atoms with Gasteiger partial charge in [-0.05, 0) is 104 Å². The van der Waals surface area contributed by atoms with Crippen LogP contribution in [0.1, 0.15) is 0 Å². The van der Waals surface area contributed by atoms with E-state index in [0.717, 1.165) is 66.3 Å². The molecule has 3 nitrogen and oxygen atoms in total. The highest BCUT2D eigenvalue weighted by Crippen LogP contribution is 2.45. The molecule has 0 aliphatic rings. The molecule has 9 aromatic carbocycles. The second-order valence-corrected chi connectivity index (χ2v) is 13.7. The Labute approximate surface area is 305 Å². The van der Waals surface area contributed by atoms with Crippen molar-refractivity contribution in [2.45, 2.75) is 0 Å². The third kappa shape index (κ3) is 4.75. The van der Waals surface area contributed by atoms with Gasteiger partial charge >= 0.3 is 0 Å². The number of hydrogen-bond donors (Lipinski definition) is 0. The predicted molar refractivity (Wildman–Crippen MR) is 222 cm³/mol. The zero-order valence-electron chi connectivity index (χ0n) is 28.7. The van der Waals surface area contributed by atoms with Gasteiger partial charge in [0, 0.05) is 27.5 Å². The van der Waals surface area contributed by atoms with Crippen molar-refractivity contribution in [1.29, 1.82) is 0 Å². The van der Waals surface area contributed by atoms with Gasteiger partial charge in [-0.2, -0.15) is 0 Å². The number of benzene rings is 9. The lowest BCUT2D eigenvalue weighted by Gasteiger charge is -2.27. The Morgan fingerprint density at radius 3 is 1.74 bits per heavy atom. The van der Waals surface area contributed by atoms with Crippen LogP contribution in [-0.4, -0.2) is 0 Å². The highest BCUT2D eigenvalue weighted by Gasteiger charge is 2.20. The van der Waals surface area contributed by atoms with Crippen LogP contribution in [0.5, 0.6) is 0 Å². The molecule has 248 valence electrons. The minimum atomic E-state index is 0.860. The average Bonchev–Trinajstić information content (AvgIpc) is 3.78. The summed E-state index contributed by atoms with van der Waals surface area (Å²) in [5.74, 6) is 0. The molecule has 0 radical (unpaired) electrons. The number of furan rings is 2. The van der Waals surface area contributed by atoms with Crippen molar-refractivity contribution in [3.8, 4) is 22.3 Å². The number of nitrogens with zero attached hydrogens (tertiary/aromatic N) is 1. The van der Waals surface area contributed by atoms with Gasteiger partial charge < -0.3 is 13.7 Å². The Hall–Kier alpha value is -7.10. The molecule has 0 saturated heterocycles. The number of fused-ring (bicyclic) bond motifs is 8. The van der Waals surface area contributed by atoms with E-state index in [9.17, 15) is 0 Å². The maximum absolute atomic E-state index is 6.39. The standard InChI is InChI=1S/C50H31NO2/c1-2-11-32(12-3-1)39-17-8-13-34-14-9-18-40(49(34)39)33-23-26-37(27-24-33)51(44-19-10-22-47-50(44)42-16-5-7-21-46(42)52-47)38-28-25-35-30-43-41-15-4-6-20-45(41)53-48(43)31-36(35)29-38/h1-31H. The minimum absolute atomic E-state index is 0.860. The van der Waals surface area contributed by atoms with Crippen molar-refractivity contribution >= 4 is 82.5 Å². The summed E-state index contributed by atoms with van der Waals surface area (Å²) in [5.41, 5.74) is 11.5. The first kappa shape index (κ1) is 29.6. The lowest BCUT2D eigenvalue weighted by Crippen LogP contribution is -2.10. The van der Waals surface area contributed by atoms with E-state index in [-0.39, 0.29) is 0 Å². The fourth-order valence-electron chi connectivity index (χ4n) is 8.19. The molecule has 53 heavy (non-hydrogen) atoms. The molecule has 0 bridgehead atoms. The SMILES string of the molecule is c1ccc(-c2cccc3cccc(-c4ccc(N(c5ccc6cc7c(cc6c5)oc5ccccc57)c5cccc6oc7ccccc7c56)cc4)c23)cc1. The molecule has 0 amide bonds. The summed E-state index contributed by atoms with van der Waals surface area (Å²) in [6, 6.07) is 66.9. The highest BCUT2D eigenvalue weighted by molar-refractivity contribution is 6.14. The Morgan fingerprint density at radius 1 is 0.321 bits per heavy atom. The quantitative estimate of drug-likeness (QED) is 0.182. The summed E-state index contributed by atoms with van der Waals surface area (Å²) < 4.78 is 12.7. The molecule has 0 fully saturated rings. The van der Waals surface area contributed by atoms with Gasteiger partial charge in [0.1, 0.15) is 22.3 Å². The summed E-state index contributed by atoms with van der Waals surface area (Å²) in [4.78, 5) is 2.36. The molecule has 0 saturated carbocycles. The maximum Gasteiger partial charge on any atom is 0.137 e. The van der Waals surface area contributed by atoms with E-state index in [4.69, 9.17) is 8.83 Å². The molecule has 2 heterocycles. The normalized spacial score (nSPS) is 11.8. The summed E-state index contributed by atoms with van der Waals surface area (Å²) in [6.07, 6.45) is 0. The first-order valence-corrected chi connectivity index (χ1v) is 18.0. The van der Waals surface area contributed by atoms with E-state index in [2.05, 4.69) is 169 Å². The maximum atomic E-state index is 6.39. The third-order valence-electron chi connectivity index (χ3n) is 10.6. The topological polar surface area (TPSA) is 29.5 Å². The van der Waals surface area contributed by atoms with Crippen LogP contribution in [-0.2, 0) is 0 Å². The zero-order chi connectivity index (χ0) is 34.9. The summed E-state index contributed by atoms with van der Waals surface area (Å²) in [6.45, 7) is 0. The van der Waals surface area contributed by atoms with Gasteiger partial charge in [-0.15, -0.1) is 0 Å². The van der Waals surface area contributed by atoms with Crippen LogP contribution in [0.4, 0.5) is 17.1 Å². The fourth-order valence-corrected chi connectivity index (χ4v) is 8.19. The highest BCUT2D eigenvalue weighted by atomic mass is 16.3. The molecular formula is C50H31NO2. The first-order valence-electron chi connectivity index (χ1n) is 18.0. The van der Waals surface area contributed by atoms with E-state index < -0.39 is 0 Å². The monoisotopic (exact) mass is 677 g/mol. The van der Waals surface area contributed by atoms with Crippen molar-refractivity contribution in [1.82, 2.24) is 0 Å². The molecule has 0 N–H and O–H groups in total. The third-order valence-corrected chi connectivity index (χ3v) is 10.6. The number of rotatable bonds is 5. The van der Waals surface area contributed by atoms with Gasteiger partial charge in [0.25, 0.3) is 0 Å². The molecule has 0 aliphatic heterocycles. The van der Waals surface area contributed by atoms with Crippen molar-refractivity contribution < 1.29 is 8.83 Å². The fraction of sp³-hybridized carbons (Fsp3) is 0. The van der Waals surface area contributed by atoms with Crippen LogP contribution >= 0.6 is 0 Å². The predicted octanol–water partition coefficient (Wildman–Crippen LogP) is 14.6. The lowest BCUT2D eigenvalue weighted by molar-refractivity contribution is 0.669. The van der Waals surface area contributed by atoms with E-state index in [1.54, 1.807) is 0 Å². The lowest BCUT2D eigenvalue weighted by atomic mass is 9.91. The number of hydrogen-bond acceptors (Lipinski definition) is 3. The smallest absolute Gasteiger partial charge is 0.137 e. The minimum Gasteiger partial charge on any atom is -0.456 e. The molecule has 3 heteroatoms. The second-order valence-electron chi connectivity index (χ2n) is 13.7. The van der Waals surface area contributed by atoms with Crippen molar-refractivity contribution in [2.24, 2.45) is 0 Å². The van der Waals surface area contributed by atoms with E-state index in [0.29, 0.717) is 0 Å². The zero-order valence-corrected chi connectivity index (χ0v) is 28.7. The van der Waals surface area contributed by atoms with Crippen molar-refractivity contribution in [3.05, 3.63) is 188 Å². The van der Waals surface area contributed by atoms with Gasteiger partial charge in [0.2, 0.25) is 0 Å². The van der Waals surface area contributed by atoms with Crippen molar-refractivity contribution in [2.75, 3.05) is 4.90 Å². The van der Waals surface area contributed by atoms with Crippen LogP contribution in [0.15, 0.2) is 197 Å². The average molecular weight is 678 g/mol.